The molecule has 1 fully saturated rings. The summed E-state index contributed by atoms with van der Waals surface area (Å²) in [6, 6.07) is 14.0. The SMILES string of the molecule is CC1CCCN(N(CCc2ccc(Cl)cc2)Cc2ccc(/C(=C/C(=O)OS(N)(=O)=O)C(=O)OS(N)(=O)=O)cc2)C1. The Hall–Kier alpha value is -2.85. The largest absolute Gasteiger partial charge is 0.382 e. The molecular weight excluding hydrogens is 584 g/mol. The number of carbonyl (C=O) groups is 2. The number of halogens is 1. The van der Waals surface area contributed by atoms with Crippen molar-refractivity contribution in [2.75, 3.05) is 19.6 Å². The maximum atomic E-state index is 12.4. The Kier molecular flexibility index (Phi) is 10.8. The van der Waals surface area contributed by atoms with E-state index >= 15 is 0 Å². The molecule has 0 spiro atoms. The highest BCUT2D eigenvalue weighted by Crippen LogP contribution is 2.22. The molecule has 218 valence electrons. The lowest BCUT2D eigenvalue weighted by Gasteiger charge is -2.40. The van der Waals surface area contributed by atoms with Crippen LogP contribution in [-0.4, -0.2) is 58.4 Å². The van der Waals surface area contributed by atoms with Crippen LogP contribution in [0.2, 0.25) is 5.02 Å². The summed E-state index contributed by atoms with van der Waals surface area (Å²) in [5, 5.41) is 14.7. The summed E-state index contributed by atoms with van der Waals surface area (Å²) in [4.78, 5) is 24.4. The van der Waals surface area contributed by atoms with Crippen molar-refractivity contribution >= 4 is 49.7 Å². The van der Waals surface area contributed by atoms with Crippen molar-refractivity contribution in [2.24, 2.45) is 16.2 Å². The van der Waals surface area contributed by atoms with E-state index in [9.17, 15) is 26.4 Å². The summed E-state index contributed by atoms with van der Waals surface area (Å²) < 4.78 is 52.9. The molecule has 40 heavy (non-hydrogen) atoms. The molecule has 15 heteroatoms. The maximum absolute atomic E-state index is 12.4. The monoisotopic (exact) mass is 614 g/mol. The van der Waals surface area contributed by atoms with Gasteiger partial charge in [0.05, 0.1) is 5.57 Å². The summed E-state index contributed by atoms with van der Waals surface area (Å²) >= 11 is 6.02. The molecule has 1 saturated heterocycles. The van der Waals surface area contributed by atoms with Gasteiger partial charge in [-0.15, -0.1) is 0 Å². The second-order valence-electron chi connectivity index (χ2n) is 9.44. The fourth-order valence-corrected chi connectivity index (χ4v) is 5.02. The molecule has 0 amide bonds. The van der Waals surface area contributed by atoms with Crippen molar-refractivity contribution in [3.8, 4) is 0 Å². The Morgan fingerprint density at radius 1 is 1.00 bits per heavy atom. The lowest BCUT2D eigenvalue weighted by atomic mass is 10.0. The number of piperidine rings is 1. The molecule has 2 aromatic rings. The van der Waals surface area contributed by atoms with Crippen molar-refractivity contribution < 1.29 is 34.8 Å². The van der Waals surface area contributed by atoms with Crippen molar-refractivity contribution in [1.82, 2.24) is 10.0 Å². The zero-order valence-corrected chi connectivity index (χ0v) is 24.1. The number of hydrazine groups is 1. The molecule has 1 aliphatic rings. The Balaban J connectivity index is 1.83. The lowest BCUT2D eigenvalue weighted by molar-refractivity contribution is -0.130. The first-order valence-electron chi connectivity index (χ1n) is 12.3. The van der Waals surface area contributed by atoms with E-state index in [1.165, 1.54) is 12.1 Å². The van der Waals surface area contributed by atoms with Crippen LogP contribution in [0.15, 0.2) is 54.6 Å². The molecule has 0 aliphatic carbocycles. The number of nitrogens with two attached hydrogens (primary N) is 2. The van der Waals surface area contributed by atoms with Gasteiger partial charge in [-0.1, -0.05) is 54.9 Å². The smallest absolute Gasteiger partial charge is 0.330 e. The maximum Gasteiger partial charge on any atom is 0.382 e. The van der Waals surface area contributed by atoms with E-state index in [2.05, 4.69) is 30.4 Å². The van der Waals surface area contributed by atoms with Gasteiger partial charge in [-0.3, -0.25) is 0 Å². The predicted octanol–water partition coefficient (Wildman–Crippen LogP) is 1.91. The second kappa shape index (κ2) is 13.7. The van der Waals surface area contributed by atoms with Crippen LogP contribution >= 0.6 is 11.6 Å². The van der Waals surface area contributed by atoms with Gasteiger partial charge in [-0.05, 0) is 54.0 Å². The van der Waals surface area contributed by atoms with Gasteiger partial charge in [0.15, 0.2) is 0 Å². The molecule has 4 N–H and O–H groups in total. The summed E-state index contributed by atoms with van der Waals surface area (Å²) in [6.07, 6.45) is 3.49. The molecule has 0 bridgehead atoms. The Morgan fingerprint density at radius 3 is 2.17 bits per heavy atom. The Morgan fingerprint density at radius 2 is 1.60 bits per heavy atom. The van der Waals surface area contributed by atoms with E-state index < -0.39 is 38.1 Å². The highest BCUT2D eigenvalue weighted by molar-refractivity contribution is 7.85. The van der Waals surface area contributed by atoms with Gasteiger partial charge in [0.2, 0.25) is 0 Å². The quantitative estimate of drug-likeness (QED) is 0.355. The molecular formula is C25H31ClN4O8S2. The van der Waals surface area contributed by atoms with E-state index in [-0.39, 0.29) is 5.56 Å². The van der Waals surface area contributed by atoms with Crippen LogP contribution in [0.1, 0.15) is 36.5 Å². The molecule has 0 saturated carbocycles. The lowest BCUT2D eigenvalue weighted by Crippen LogP contribution is -2.48. The molecule has 0 radical (unpaired) electrons. The summed E-state index contributed by atoms with van der Waals surface area (Å²) in [5.74, 6) is -2.49. The number of hydrogen-bond acceptors (Lipinski definition) is 10. The molecule has 1 atom stereocenters. The highest BCUT2D eigenvalue weighted by Gasteiger charge is 2.24. The van der Waals surface area contributed by atoms with Crippen molar-refractivity contribution in [3.05, 3.63) is 76.3 Å². The molecule has 1 heterocycles. The number of carbonyl (C=O) groups excluding carboxylic acids is 2. The molecule has 0 aromatic heterocycles. The van der Waals surface area contributed by atoms with Crippen LogP contribution in [0, 0.1) is 5.92 Å². The number of benzene rings is 2. The third kappa shape index (κ3) is 10.6. The average molecular weight is 615 g/mol. The van der Waals surface area contributed by atoms with Gasteiger partial charge in [0, 0.05) is 37.3 Å². The first-order chi connectivity index (χ1) is 18.7. The molecule has 12 nitrogen and oxygen atoms in total. The van der Waals surface area contributed by atoms with Crippen LogP contribution in [-0.2, 0) is 51.5 Å². The zero-order chi connectivity index (χ0) is 29.5. The topological polar surface area (TPSA) is 179 Å². The minimum Gasteiger partial charge on any atom is -0.330 e. The van der Waals surface area contributed by atoms with Crippen LogP contribution in [0.25, 0.3) is 5.57 Å². The Labute approximate surface area is 238 Å². The van der Waals surface area contributed by atoms with Crippen molar-refractivity contribution in [2.45, 2.75) is 32.7 Å². The average Bonchev–Trinajstić information content (AvgIpc) is 2.84. The van der Waals surface area contributed by atoms with E-state index in [1.807, 2.05) is 24.3 Å². The number of nitrogens with zero attached hydrogens (tertiary/aromatic N) is 2. The summed E-state index contributed by atoms with van der Waals surface area (Å²) in [7, 11) is -9.41. The normalized spacial score (nSPS) is 17.0. The summed E-state index contributed by atoms with van der Waals surface area (Å²) in [6.45, 7) is 5.32. The van der Waals surface area contributed by atoms with Crippen LogP contribution in [0.4, 0.5) is 0 Å². The van der Waals surface area contributed by atoms with Gasteiger partial charge < -0.3 is 8.37 Å². The van der Waals surface area contributed by atoms with E-state index in [0.29, 0.717) is 23.6 Å². The molecule has 1 aliphatic heterocycles. The molecule has 1 unspecified atom stereocenters. The minimum absolute atomic E-state index is 0.0584. The van der Waals surface area contributed by atoms with Crippen molar-refractivity contribution in [1.29, 1.82) is 0 Å². The number of rotatable bonds is 11. The van der Waals surface area contributed by atoms with Gasteiger partial charge >= 0.3 is 32.5 Å². The van der Waals surface area contributed by atoms with Crippen molar-refractivity contribution in [3.63, 3.8) is 0 Å². The third-order valence-electron chi connectivity index (χ3n) is 6.11. The van der Waals surface area contributed by atoms with E-state index in [4.69, 9.17) is 16.7 Å². The second-order valence-corrected chi connectivity index (χ2v) is 12.2. The van der Waals surface area contributed by atoms with Crippen LogP contribution in [0.5, 0.6) is 0 Å². The van der Waals surface area contributed by atoms with Gasteiger partial charge in [-0.2, -0.15) is 27.1 Å². The van der Waals surface area contributed by atoms with Crippen LogP contribution < -0.4 is 10.3 Å². The molecule has 3 rings (SSSR count). The number of hydrogen-bond donors (Lipinski definition) is 2. The first-order valence-corrected chi connectivity index (χ1v) is 15.6. The zero-order valence-electron chi connectivity index (χ0n) is 21.7. The fraction of sp³-hybridized carbons (Fsp3) is 0.360. The van der Waals surface area contributed by atoms with Crippen LogP contribution in [0.3, 0.4) is 0 Å². The van der Waals surface area contributed by atoms with Gasteiger partial charge in [0.1, 0.15) is 0 Å². The van der Waals surface area contributed by atoms with Gasteiger partial charge in [0.25, 0.3) is 0 Å². The minimum atomic E-state index is -4.73. The van der Waals surface area contributed by atoms with Gasteiger partial charge in [-0.25, -0.2) is 19.6 Å². The third-order valence-corrected chi connectivity index (χ3v) is 7.14. The standard InChI is InChI=1S/C25H31ClN4O8S2/c1-18-3-2-13-29(16-18)30(14-12-19-6-10-22(26)11-7-19)17-20-4-8-21(9-5-20)23(25(32)38-40(28,35)36)15-24(31)37-39(27,33)34/h4-11,15,18H,2-3,12-14,16-17H2,1H3,(H2,27,33,34)(H2,28,35,36)/b23-15-. The summed E-state index contributed by atoms with van der Waals surface area (Å²) in [5.41, 5.74) is 1.47. The van der Waals surface area contributed by atoms with E-state index in [0.717, 1.165) is 50.0 Å². The first kappa shape index (κ1) is 31.7. The highest BCUT2D eigenvalue weighted by atomic mass is 35.5. The molecule has 2 aromatic carbocycles. The Bertz CT molecular complexity index is 1450. The van der Waals surface area contributed by atoms with E-state index in [1.54, 1.807) is 12.1 Å². The predicted molar refractivity (Wildman–Crippen MR) is 148 cm³/mol. The fourth-order valence-electron chi connectivity index (χ4n) is 4.32.